The van der Waals surface area contributed by atoms with Crippen LogP contribution in [0.3, 0.4) is 0 Å². The van der Waals surface area contributed by atoms with E-state index in [1.54, 1.807) is 19.2 Å². The van der Waals surface area contributed by atoms with Gasteiger partial charge >= 0.3 is 5.97 Å². The molecule has 5 rings (SSSR count). The van der Waals surface area contributed by atoms with Gasteiger partial charge in [0.2, 0.25) is 0 Å². The van der Waals surface area contributed by atoms with Gasteiger partial charge in [-0.05, 0) is 38.0 Å². The van der Waals surface area contributed by atoms with Crippen molar-refractivity contribution in [3.63, 3.8) is 0 Å². The molecule has 0 saturated heterocycles. The van der Waals surface area contributed by atoms with Gasteiger partial charge in [-0.25, -0.2) is 9.78 Å². The first kappa shape index (κ1) is 22.1. The predicted molar refractivity (Wildman–Crippen MR) is 133 cm³/mol. The number of hydrogen-bond donors (Lipinski definition) is 0. The van der Waals surface area contributed by atoms with Gasteiger partial charge in [0, 0.05) is 28.6 Å². The summed E-state index contributed by atoms with van der Waals surface area (Å²) in [5.74, 6) is 0.619. The Morgan fingerprint density at radius 3 is 2.56 bits per heavy atom. The first-order valence-electron chi connectivity index (χ1n) is 11.8. The molecule has 2 heterocycles. The molecule has 0 N–H and O–H groups in total. The fourth-order valence-electron chi connectivity index (χ4n) is 4.94. The van der Waals surface area contributed by atoms with Crippen molar-refractivity contribution in [2.75, 3.05) is 7.11 Å². The average Bonchev–Trinajstić information content (AvgIpc) is 3.26. The van der Waals surface area contributed by atoms with E-state index >= 15 is 0 Å². The molecule has 2 aromatic carbocycles. The SMILES string of the molecule is COC(=O)[C@H](C)n1cc(C=Nn2c(C3CCCCC3)nc3ccccc3c2=O)c2ccccc21. The summed E-state index contributed by atoms with van der Waals surface area (Å²) in [5, 5.41) is 6.18. The van der Waals surface area contributed by atoms with Gasteiger partial charge in [-0.15, -0.1) is 0 Å². The van der Waals surface area contributed by atoms with Crippen molar-refractivity contribution in [1.29, 1.82) is 0 Å². The second kappa shape index (κ2) is 9.25. The number of aromatic nitrogens is 3. The van der Waals surface area contributed by atoms with Crippen LogP contribution in [0, 0.1) is 0 Å². The Morgan fingerprint density at radius 2 is 1.79 bits per heavy atom. The van der Waals surface area contributed by atoms with Crippen molar-refractivity contribution in [2.45, 2.75) is 51.0 Å². The van der Waals surface area contributed by atoms with E-state index in [9.17, 15) is 9.59 Å². The van der Waals surface area contributed by atoms with Crippen LogP contribution < -0.4 is 5.56 Å². The summed E-state index contributed by atoms with van der Waals surface area (Å²) in [6.45, 7) is 1.80. The summed E-state index contributed by atoms with van der Waals surface area (Å²) >= 11 is 0. The number of benzene rings is 2. The van der Waals surface area contributed by atoms with Crippen molar-refractivity contribution in [3.05, 3.63) is 76.5 Å². The van der Waals surface area contributed by atoms with Gasteiger partial charge in [-0.3, -0.25) is 4.79 Å². The highest BCUT2D eigenvalue weighted by Gasteiger charge is 2.23. The van der Waals surface area contributed by atoms with E-state index < -0.39 is 6.04 Å². The molecule has 1 aliphatic carbocycles. The second-order valence-electron chi connectivity index (χ2n) is 8.89. The normalized spacial score (nSPS) is 15.8. The molecule has 1 saturated carbocycles. The molecule has 0 spiro atoms. The fraction of sp³-hybridized carbons (Fsp3) is 0.333. The summed E-state index contributed by atoms with van der Waals surface area (Å²) in [4.78, 5) is 30.5. The lowest BCUT2D eigenvalue weighted by molar-refractivity contribution is -0.143. The maximum absolute atomic E-state index is 13.5. The lowest BCUT2D eigenvalue weighted by Gasteiger charge is -2.22. The molecule has 4 aromatic rings. The van der Waals surface area contributed by atoms with Crippen LogP contribution in [0.5, 0.6) is 0 Å². The number of carbonyl (C=O) groups is 1. The summed E-state index contributed by atoms with van der Waals surface area (Å²) in [6, 6.07) is 14.8. The van der Waals surface area contributed by atoms with E-state index in [0.717, 1.165) is 48.0 Å². The Kier molecular flexibility index (Phi) is 6.01. The number of methoxy groups -OCH3 is 1. The lowest BCUT2D eigenvalue weighted by Crippen LogP contribution is -2.25. The fourth-order valence-corrected chi connectivity index (χ4v) is 4.94. The summed E-state index contributed by atoms with van der Waals surface area (Å²) in [6.07, 6.45) is 9.09. The van der Waals surface area contributed by atoms with Crippen molar-refractivity contribution < 1.29 is 9.53 Å². The smallest absolute Gasteiger partial charge is 0.328 e. The first-order chi connectivity index (χ1) is 16.6. The Morgan fingerprint density at radius 1 is 1.09 bits per heavy atom. The molecule has 0 radical (unpaired) electrons. The summed E-state index contributed by atoms with van der Waals surface area (Å²) < 4.78 is 8.31. The zero-order valence-corrected chi connectivity index (χ0v) is 19.5. The largest absolute Gasteiger partial charge is 0.467 e. The number of rotatable bonds is 5. The zero-order chi connectivity index (χ0) is 23.7. The van der Waals surface area contributed by atoms with Gasteiger partial charge in [0.15, 0.2) is 0 Å². The second-order valence-corrected chi connectivity index (χ2v) is 8.89. The number of para-hydroxylation sites is 2. The molecule has 7 nitrogen and oxygen atoms in total. The number of hydrogen-bond acceptors (Lipinski definition) is 5. The standard InChI is InChI=1S/C27H28N4O3/c1-18(27(33)34-2)30-17-20(21-12-7-9-15-24(21)30)16-28-31-25(19-10-4-3-5-11-19)29-23-14-8-6-13-22(23)26(31)32/h6-9,12-19H,3-5,10-11H2,1-2H3/t18-/m0/s1. The molecule has 1 atom stereocenters. The van der Waals surface area contributed by atoms with Crippen LogP contribution in [0.15, 0.2) is 64.6 Å². The van der Waals surface area contributed by atoms with Crippen molar-refractivity contribution in [2.24, 2.45) is 5.10 Å². The van der Waals surface area contributed by atoms with Crippen LogP contribution in [0.4, 0.5) is 0 Å². The van der Waals surface area contributed by atoms with E-state index in [1.807, 2.05) is 53.2 Å². The minimum atomic E-state index is -0.486. The molecule has 0 unspecified atom stereocenters. The Labute approximate surface area is 197 Å². The summed E-state index contributed by atoms with van der Waals surface area (Å²) in [7, 11) is 1.39. The van der Waals surface area contributed by atoms with Crippen LogP contribution in [0.1, 0.15) is 62.4 Å². The highest BCUT2D eigenvalue weighted by molar-refractivity contribution is 6.00. The number of ether oxygens (including phenoxy) is 1. The molecule has 1 fully saturated rings. The van der Waals surface area contributed by atoms with Gasteiger partial charge < -0.3 is 9.30 Å². The Balaban J connectivity index is 1.64. The van der Waals surface area contributed by atoms with E-state index in [-0.39, 0.29) is 17.4 Å². The van der Waals surface area contributed by atoms with E-state index in [4.69, 9.17) is 9.72 Å². The highest BCUT2D eigenvalue weighted by atomic mass is 16.5. The molecular formula is C27H28N4O3. The van der Waals surface area contributed by atoms with Crippen LogP contribution in [0.2, 0.25) is 0 Å². The monoisotopic (exact) mass is 456 g/mol. The zero-order valence-electron chi connectivity index (χ0n) is 19.5. The van der Waals surface area contributed by atoms with E-state index in [1.165, 1.54) is 18.2 Å². The number of esters is 1. The number of nitrogens with zero attached hydrogens (tertiary/aromatic N) is 4. The van der Waals surface area contributed by atoms with Gasteiger partial charge in [-0.1, -0.05) is 49.6 Å². The van der Waals surface area contributed by atoms with Crippen molar-refractivity contribution >= 4 is 34.0 Å². The number of carbonyl (C=O) groups excluding carboxylic acids is 1. The molecular weight excluding hydrogens is 428 g/mol. The highest BCUT2D eigenvalue weighted by Crippen LogP contribution is 2.32. The minimum Gasteiger partial charge on any atom is -0.467 e. The van der Waals surface area contributed by atoms with Crippen LogP contribution in [-0.2, 0) is 9.53 Å². The topological polar surface area (TPSA) is 78.5 Å². The van der Waals surface area contributed by atoms with Crippen LogP contribution in [0.25, 0.3) is 21.8 Å². The van der Waals surface area contributed by atoms with Gasteiger partial charge in [0.25, 0.3) is 5.56 Å². The maximum atomic E-state index is 13.5. The molecule has 1 aliphatic rings. The van der Waals surface area contributed by atoms with Crippen LogP contribution >= 0.6 is 0 Å². The van der Waals surface area contributed by atoms with Crippen molar-refractivity contribution in [1.82, 2.24) is 14.2 Å². The molecule has 174 valence electrons. The van der Waals surface area contributed by atoms with Gasteiger partial charge in [-0.2, -0.15) is 9.78 Å². The summed E-state index contributed by atoms with van der Waals surface area (Å²) in [5.41, 5.74) is 2.27. The third kappa shape index (κ3) is 3.91. The van der Waals surface area contributed by atoms with Crippen LogP contribution in [-0.4, -0.2) is 33.5 Å². The third-order valence-electron chi connectivity index (χ3n) is 6.79. The molecule has 0 amide bonds. The van der Waals surface area contributed by atoms with Gasteiger partial charge in [0.1, 0.15) is 11.9 Å². The predicted octanol–water partition coefficient (Wildman–Crippen LogP) is 5.02. The number of fused-ring (bicyclic) bond motifs is 2. The quantitative estimate of drug-likeness (QED) is 0.312. The lowest BCUT2D eigenvalue weighted by atomic mass is 9.88. The third-order valence-corrected chi connectivity index (χ3v) is 6.79. The minimum absolute atomic E-state index is 0.158. The molecule has 0 aliphatic heterocycles. The Hall–Kier alpha value is -3.74. The first-order valence-corrected chi connectivity index (χ1v) is 11.8. The van der Waals surface area contributed by atoms with E-state index in [0.29, 0.717) is 10.9 Å². The Bertz CT molecular complexity index is 1440. The van der Waals surface area contributed by atoms with E-state index in [2.05, 4.69) is 5.10 Å². The molecule has 0 bridgehead atoms. The van der Waals surface area contributed by atoms with Crippen molar-refractivity contribution in [3.8, 4) is 0 Å². The maximum Gasteiger partial charge on any atom is 0.328 e. The average molecular weight is 457 g/mol. The molecule has 7 heteroatoms. The molecule has 2 aromatic heterocycles. The molecule has 34 heavy (non-hydrogen) atoms. The van der Waals surface area contributed by atoms with Gasteiger partial charge in [0.05, 0.1) is 24.2 Å².